The van der Waals surface area contributed by atoms with E-state index in [1.54, 1.807) is 37.4 Å². The van der Waals surface area contributed by atoms with Crippen molar-refractivity contribution in [3.05, 3.63) is 52.5 Å². The molecule has 1 unspecified atom stereocenters. The van der Waals surface area contributed by atoms with E-state index in [4.69, 9.17) is 21.1 Å². The monoisotopic (exact) mass is 386 g/mol. The minimum absolute atomic E-state index is 0.172. The number of hydrogen-bond acceptors (Lipinski definition) is 3. The molecule has 0 aromatic heterocycles. The number of amides is 2. The molecule has 0 saturated heterocycles. The third-order valence-corrected chi connectivity index (χ3v) is 4.02. The van der Waals surface area contributed by atoms with E-state index in [0.29, 0.717) is 16.8 Å². The van der Waals surface area contributed by atoms with Crippen molar-refractivity contribution in [2.45, 2.75) is 25.9 Å². The van der Waals surface area contributed by atoms with Crippen molar-refractivity contribution in [3.63, 3.8) is 0 Å². The van der Waals surface area contributed by atoms with Crippen LogP contribution >= 0.6 is 11.6 Å². The number of nitrogens with one attached hydrogen (secondary N) is 2. The van der Waals surface area contributed by atoms with Crippen LogP contribution in [-0.4, -0.2) is 18.1 Å². The predicted molar refractivity (Wildman–Crippen MR) is 89.6 cm³/mol. The maximum absolute atomic E-state index is 13.6. The number of rotatable bonds is 2. The highest BCUT2D eigenvalue weighted by Gasteiger charge is 2.65. The second kappa shape index (κ2) is 6.28. The number of alkyl halides is 3. The van der Waals surface area contributed by atoms with Gasteiger partial charge in [-0.05, 0) is 37.1 Å². The molecule has 1 atom stereocenters. The summed E-state index contributed by atoms with van der Waals surface area (Å²) in [6.07, 6.45) is -5.05. The van der Waals surface area contributed by atoms with E-state index in [1.807, 2.05) is 0 Å². The first-order valence-corrected chi connectivity index (χ1v) is 7.89. The van der Waals surface area contributed by atoms with Crippen LogP contribution in [0.5, 0.6) is 11.5 Å². The van der Waals surface area contributed by atoms with Crippen molar-refractivity contribution in [1.82, 2.24) is 5.32 Å². The average molecular weight is 387 g/mol. The molecule has 0 aliphatic carbocycles. The number of aryl methyl sites for hydroxylation is 2. The van der Waals surface area contributed by atoms with Crippen LogP contribution in [0.25, 0.3) is 0 Å². The molecule has 1 aliphatic heterocycles. The lowest BCUT2D eigenvalue weighted by atomic mass is 10.1. The minimum Gasteiger partial charge on any atom is -0.424 e. The van der Waals surface area contributed by atoms with Gasteiger partial charge in [-0.25, -0.2) is 4.79 Å². The molecular weight excluding hydrogens is 373 g/mol. The molecule has 1 heterocycles. The lowest BCUT2D eigenvalue weighted by Crippen LogP contribution is -2.65. The first kappa shape index (κ1) is 18.2. The summed E-state index contributed by atoms with van der Waals surface area (Å²) < 4.78 is 50.7. The number of hydrogen-bond donors (Lipinski definition) is 2. The first-order chi connectivity index (χ1) is 12.1. The number of carbonyl (C=O) groups is 1. The lowest BCUT2D eigenvalue weighted by Gasteiger charge is -2.29. The zero-order valence-corrected chi connectivity index (χ0v) is 14.5. The van der Waals surface area contributed by atoms with E-state index in [1.165, 1.54) is 18.2 Å². The molecule has 0 radical (unpaired) electrons. The Morgan fingerprint density at radius 2 is 1.69 bits per heavy atom. The lowest BCUT2D eigenvalue weighted by molar-refractivity contribution is -0.317. The molecule has 2 amide bonds. The Labute approximate surface area is 152 Å². The van der Waals surface area contributed by atoms with Gasteiger partial charge in [0.25, 0.3) is 0 Å². The summed E-state index contributed by atoms with van der Waals surface area (Å²) in [7, 11) is 0. The second-order valence-corrected chi connectivity index (χ2v) is 6.19. The van der Waals surface area contributed by atoms with Crippen LogP contribution in [0.4, 0.5) is 23.7 Å². The first-order valence-electron chi connectivity index (χ1n) is 7.51. The summed E-state index contributed by atoms with van der Waals surface area (Å²) in [5.74, 6) is -3.75. The van der Waals surface area contributed by atoms with Gasteiger partial charge in [0.1, 0.15) is 0 Å². The van der Waals surface area contributed by atoms with Crippen LogP contribution in [-0.2, 0) is 0 Å². The minimum atomic E-state index is -5.05. The molecule has 26 heavy (non-hydrogen) atoms. The largest absolute Gasteiger partial charge is 0.492 e. The van der Waals surface area contributed by atoms with Crippen LogP contribution in [0.15, 0.2) is 36.4 Å². The van der Waals surface area contributed by atoms with E-state index in [9.17, 15) is 18.0 Å². The molecule has 2 aromatic rings. The van der Waals surface area contributed by atoms with E-state index >= 15 is 0 Å². The molecule has 0 fully saturated rings. The van der Waals surface area contributed by atoms with Gasteiger partial charge in [-0.1, -0.05) is 29.8 Å². The summed E-state index contributed by atoms with van der Waals surface area (Å²) in [5, 5.41) is 4.31. The van der Waals surface area contributed by atoms with Gasteiger partial charge in [0.2, 0.25) is 0 Å². The number of fused-ring (bicyclic) bond motifs is 1. The SMILES string of the molecule is Cc1cccc(C)c1NC(=O)NC1(C(F)(F)F)Oc2ccc(Cl)cc2O1. The summed E-state index contributed by atoms with van der Waals surface area (Å²) in [6, 6.07) is 7.86. The third-order valence-electron chi connectivity index (χ3n) is 3.78. The Bertz CT molecular complexity index is 853. The Morgan fingerprint density at radius 1 is 1.08 bits per heavy atom. The topological polar surface area (TPSA) is 59.6 Å². The molecule has 0 spiro atoms. The van der Waals surface area contributed by atoms with Gasteiger partial charge in [-0.3, -0.25) is 5.32 Å². The van der Waals surface area contributed by atoms with E-state index in [-0.39, 0.29) is 16.5 Å². The summed E-state index contributed by atoms with van der Waals surface area (Å²) >= 11 is 5.76. The number of halogens is 4. The maximum atomic E-state index is 13.6. The van der Waals surface area contributed by atoms with Gasteiger partial charge in [0, 0.05) is 16.8 Å². The molecule has 3 rings (SSSR count). The Kier molecular flexibility index (Phi) is 4.39. The smallest absolute Gasteiger partial charge is 0.424 e. The predicted octanol–water partition coefficient (Wildman–Crippen LogP) is 4.77. The van der Waals surface area contributed by atoms with Crippen molar-refractivity contribution >= 4 is 23.3 Å². The molecule has 1 aliphatic rings. The molecule has 2 aromatic carbocycles. The van der Waals surface area contributed by atoms with Crippen molar-refractivity contribution < 1.29 is 27.4 Å². The number of carbonyl (C=O) groups excluding carboxylic acids is 1. The van der Waals surface area contributed by atoms with Crippen molar-refractivity contribution in [1.29, 1.82) is 0 Å². The van der Waals surface area contributed by atoms with Crippen LogP contribution in [0.3, 0.4) is 0 Å². The highest BCUT2D eigenvalue weighted by molar-refractivity contribution is 6.30. The van der Waals surface area contributed by atoms with E-state index in [0.717, 1.165) is 0 Å². The second-order valence-electron chi connectivity index (χ2n) is 5.76. The van der Waals surface area contributed by atoms with Gasteiger partial charge < -0.3 is 14.8 Å². The fourth-order valence-corrected chi connectivity index (χ4v) is 2.68. The van der Waals surface area contributed by atoms with Crippen LogP contribution in [0.2, 0.25) is 5.02 Å². The van der Waals surface area contributed by atoms with Gasteiger partial charge in [-0.2, -0.15) is 13.2 Å². The molecule has 0 bridgehead atoms. The number of anilines is 1. The highest BCUT2D eigenvalue weighted by atomic mass is 35.5. The van der Waals surface area contributed by atoms with Crippen LogP contribution < -0.4 is 20.1 Å². The van der Waals surface area contributed by atoms with E-state index < -0.39 is 18.1 Å². The molecule has 2 N–H and O–H groups in total. The quantitative estimate of drug-likeness (QED) is 0.782. The number of benzene rings is 2. The van der Waals surface area contributed by atoms with Gasteiger partial charge in [0.05, 0.1) is 0 Å². The highest BCUT2D eigenvalue weighted by Crippen LogP contribution is 2.46. The zero-order valence-electron chi connectivity index (χ0n) is 13.7. The molecule has 5 nitrogen and oxygen atoms in total. The van der Waals surface area contributed by atoms with Crippen molar-refractivity contribution in [3.8, 4) is 11.5 Å². The standard InChI is InChI=1S/C17H14ClF3N2O3/c1-9-4-3-5-10(2)14(9)22-15(24)23-17(16(19,20)21)25-12-7-6-11(18)8-13(12)26-17/h3-8H,1-2H3,(H2,22,23,24). The van der Waals surface area contributed by atoms with E-state index in [2.05, 4.69) is 5.32 Å². The molecule has 138 valence electrons. The maximum Gasteiger partial charge on any atom is 0.492 e. The van der Waals surface area contributed by atoms with Gasteiger partial charge in [0.15, 0.2) is 11.5 Å². The van der Waals surface area contributed by atoms with Gasteiger partial charge >= 0.3 is 18.1 Å². The Balaban J connectivity index is 1.86. The summed E-state index contributed by atoms with van der Waals surface area (Å²) in [6.45, 7) is 3.45. The number of ether oxygens (including phenoxy) is 2. The van der Waals surface area contributed by atoms with Crippen molar-refractivity contribution in [2.75, 3.05) is 5.32 Å². The van der Waals surface area contributed by atoms with Crippen LogP contribution in [0, 0.1) is 13.8 Å². The van der Waals surface area contributed by atoms with Crippen molar-refractivity contribution in [2.24, 2.45) is 0 Å². The van der Waals surface area contributed by atoms with Crippen LogP contribution in [0.1, 0.15) is 11.1 Å². The normalized spacial score (nSPS) is 18.5. The fraction of sp³-hybridized carbons (Fsp3) is 0.235. The Hall–Kier alpha value is -2.61. The number of para-hydroxylation sites is 1. The molecular formula is C17H14ClF3N2O3. The third kappa shape index (κ3) is 3.24. The summed E-state index contributed by atoms with van der Waals surface area (Å²) in [5.41, 5.74) is 1.80. The Morgan fingerprint density at radius 3 is 2.31 bits per heavy atom. The zero-order chi connectivity index (χ0) is 19.1. The number of urea groups is 1. The fourth-order valence-electron chi connectivity index (χ4n) is 2.52. The summed E-state index contributed by atoms with van der Waals surface area (Å²) in [4.78, 5) is 12.2. The molecule has 9 heteroatoms. The average Bonchev–Trinajstić information content (AvgIpc) is 2.89. The van der Waals surface area contributed by atoms with Gasteiger partial charge in [-0.15, -0.1) is 0 Å². The molecule has 0 saturated carbocycles.